The van der Waals surface area contributed by atoms with Crippen LogP contribution in [0.2, 0.25) is 0 Å². The lowest BCUT2D eigenvalue weighted by atomic mass is 9.99. The van der Waals surface area contributed by atoms with Gasteiger partial charge in [-0.1, -0.05) is 6.07 Å². The summed E-state index contributed by atoms with van der Waals surface area (Å²) < 4.78 is 52.0. The molecule has 0 N–H and O–H groups in total. The molecule has 0 spiro atoms. The van der Waals surface area contributed by atoms with E-state index in [4.69, 9.17) is 9.15 Å². The molecule has 0 amide bonds. The molecular weight excluding hydrogens is 414 g/mol. The van der Waals surface area contributed by atoms with E-state index in [1.807, 2.05) is 9.21 Å². The Kier molecular flexibility index (Phi) is 6.31. The van der Waals surface area contributed by atoms with Crippen LogP contribution in [0.4, 0.5) is 8.78 Å². The molecule has 3 heterocycles. The summed E-state index contributed by atoms with van der Waals surface area (Å²) in [6.45, 7) is 2.98. The van der Waals surface area contributed by atoms with Crippen LogP contribution in [-0.4, -0.2) is 39.4 Å². The van der Waals surface area contributed by atoms with E-state index in [0.717, 1.165) is 37.6 Å². The van der Waals surface area contributed by atoms with Crippen molar-refractivity contribution in [2.45, 2.75) is 32.5 Å². The van der Waals surface area contributed by atoms with E-state index in [0.29, 0.717) is 36.9 Å². The first kappa shape index (κ1) is 21.1. The Hall–Kier alpha value is -2.10. The Labute approximate surface area is 176 Å². The molecule has 30 heavy (non-hydrogen) atoms. The summed E-state index contributed by atoms with van der Waals surface area (Å²) in [7, 11) is -0.947. The van der Waals surface area contributed by atoms with Gasteiger partial charge in [0, 0.05) is 44.1 Å². The summed E-state index contributed by atoms with van der Waals surface area (Å²) >= 11 is 0. The first-order valence-electron chi connectivity index (χ1n) is 9.92. The lowest BCUT2D eigenvalue weighted by molar-refractivity contribution is 0.182. The number of halogens is 2. The molecule has 1 unspecified atom stereocenters. The number of hydrogen-bond acceptors (Lipinski definition) is 5. The summed E-state index contributed by atoms with van der Waals surface area (Å²) in [6, 6.07) is 4.11. The van der Waals surface area contributed by atoms with Crippen LogP contribution in [0.15, 0.2) is 33.7 Å². The van der Waals surface area contributed by atoms with Crippen LogP contribution < -0.4 is 10.2 Å². The van der Waals surface area contributed by atoms with Gasteiger partial charge in [0.2, 0.25) is 11.2 Å². The molecule has 1 aromatic carbocycles. The zero-order chi connectivity index (χ0) is 21.3. The molecule has 162 valence electrons. The molecule has 2 aromatic rings. The SMILES string of the molecule is CS(=O)N1CCC(COc2coc(CN3Cc4ccc(F)c(F)c4C3)cc2=O)CC1. The van der Waals surface area contributed by atoms with Crippen molar-refractivity contribution in [2.75, 3.05) is 26.0 Å². The molecule has 2 aliphatic rings. The van der Waals surface area contributed by atoms with Crippen molar-refractivity contribution in [1.82, 2.24) is 9.21 Å². The Morgan fingerprint density at radius 3 is 2.70 bits per heavy atom. The van der Waals surface area contributed by atoms with Crippen molar-refractivity contribution in [3.8, 4) is 5.75 Å². The highest BCUT2D eigenvalue weighted by atomic mass is 32.2. The quantitative estimate of drug-likeness (QED) is 0.694. The van der Waals surface area contributed by atoms with Crippen LogP contribution >= 0.6 is 0 Å². The molecule has 2 aliphatic heterocycles. The zero-order valence-corrected chi connectivity index (χ0v) is 17.6. The predicted molar refractivity (Wildman–Crippen MR) is 108 cm³/mol. The van der Waals surface area contributed by atoms with E-state index in [2.05, 4.69) is 0 Å². The summed E-state index contributed by atoms with van der Waals surface area (Å²) in [5.41, 5.74) is 0.835. The smallest absolute Gasteiger partial charge is 0.227 e. The first-order valence-corrected chi connectivity index (χ1v) is 11.4. The van der Waals surface area contributed by atoms with Crippen molar-refractivity contribution >= 4 is 11.0 Å². The van der Waals surface area contributed by atoms with Crippen molar-refractivity contribution in [3.05, 3.63) is 63.2 Å². The maximum absolute atomic E-state index is 13.9. The third-order valence-electron chi connectivity index (χ3n) is 5.71. The van der Waals surface area contributed by atoms with Crippen LogP contribution in [0.3, 0.4) is 0 Å². The minimum Gasteiger partial charge on any atom is -0.486 e. The molecule has 9 heteroatoms. The van der Waals surface area contributed by atoms with E-state index >= 15 is 0 Å². The van der Waals surface area contributed by atoms with Crippen LogP contribution in [0, 0.1) is 17.6 Å². The molecule has 1 fully saturated rings. The fourth-order valence-electron chi connectivity index (χ4n) is 3.97. The van der Waals surface area contributed by atoms with E-state index in [-0.39, 0.29) is 17.7 Å². The van der Waals surface area contributed by atoms with Gasteiger partial charge in [-0.25, -0.2) is 17.3 Å². The molecule has 0 bridgehead atoms. The number of ether oxygens (including phenoxy) is 1. The molecule has 0 saturated carbocycles. The number of nitrogens with zero attached hydrogens (tertiary/aromatic N) is 2. The molecule has 4 rings (SSSR count). The number of piperidine rings is 1. The molecule has 0 aliphatic carbocycles. The van der Waals surface area contributed by atoms with E-state index < -0.39 is 22.6 Å². The van der Waals surface area contributed by atoms with Gasteiger partial charge in [-0.3, -0.25) is 9.69 Å². The largest absolute Gasteiger partial charge is 0.486 e. The lowest BCUT2D eigenvalue weighted by Gasteiger charge is -2.29. The highest BCUT2D eigenvalue weighted by Crippen LogP contribution is 2.28. The Bertz CT molecular complexity index is 1000. The molecule has 1 saturated heterocycles. The number of rotatable bonds is 6. The second-order valence-electron chi connectivity index (χ2n) is 7.83. The monoisotopic (exact) mass is 438 g/mol. The average Bonchev–Trinajstić information content (AvgIpc) is 3.14. The Balaban J connectivity index is 1.31. The van der Waals surface area contributed by atoms with Gasteiger partial charge in [-0.05, 0) is 30.4 Å². The topological polar surface area (TPSA) is 63.0 Å². The van der Waals surface area contributed by atoms with Gasteiger partial charge >= 0.3 is 0 Å². The highest BCUT2D eigenvalue weighted by Gasteiger charge is 2.25. The fraction of sp³-hybridized carbons (Fsp3) is 0.476. The second kappa shape index (κ2) is 8.95. The highest BCUT2D eigenvalue weighted by molar-refractivity contribution is 7.81. The molecule has 1 atom stereocenters. The van der Waals surface area contributed by atoms with Gasteiger partial charge in [-0.15, -0.1) is 0 Å². The van der Waals surface area contributed by atoms with Crippen LogP contribution in [-0.2, 0) is 30.6 Å². The van der Waals surface area contributed by atoms with Crippen LogP contribution in [0.25, 0.3) is 0 Å². The van der Waals surface area contributed by atoms with Crippen molar-refractivity contribution in [2.24, 2.45) is 5.92 Å². The van der Waals surface area contributed by atoms with Gasteiger partial charge in [0.15, 0.2) is 11.6 Å². The summed E-state index contributed by atoms with van der Waals surface area (Å²) in [5, 5.41) is 0. The first-order chi connectivity index (χ1) is 14.4. The molecule has 0 radical (unpaired) electrons. The van der Waals surface area contributed by atoms with E-state index in [9.17, 15) is 17.8 Å². The van der Waals surface area contributed by atoms with Crippen molar-refractivity contribution in [3.63, 3.8) is 0 Å². The maximum Gasteiger partial charge on any atom is 0.227 e. The van der Waals surface area contributed by atoms with Gasteiger partial charge in [0.1, 0.15) is 12.0 Å². The molecule has 1 aromatic heterocycles. The van der Waals surface area contributed by atoms with Gasteiger partial charge in [0.25, 0.3) is 0 Å². The maximum atomic E-state index is 13.9. The average molecular weight is 438 g/mol. The Morgan fingerprint density at radius 2 is 2.00 bits per heavy atom. The lowest BCUT2D eigenvalue weighted by Crippen LogP contribution is -2.36. The fourth-order valence-corrected chi connectivity index (χ4v) is 4.70. The number of benzene rings is 1. The zero-order valence-electron chi connectivity index (χ0n) is 16.7. The summed E-state index contributed by atoms with van der Waals surface area (Å²) in [4.78, 5) is 14.3. The normalized spacial score (nSPS) is 19.0. The number of fused-ring (bicyclic) bond motifs is 1. The second-order valence-corrected chi connectivity index (χ2v) is 9.19. The van der Waals surface area contributed by atoms with Gasteiger partial charge in [-0.2, -0.15) is 0 Å². The minimum atomic E-state index is -0.947. The van der Waals surface area contributed by atoms with Crippen LogP contribution in [0.1, 0.15) is 29.7 Å². The summed E-state index contributed by atoms with van der Waals surface area (Å²) in [6.07, 6.45) is 4.74. The third kappa shape index (κ3) is 4.63. The summed E-state index contributed by atoms with van der Waals surface area (Å²) in [5.74, 6) is -0.742. The minimum absolute atomic E-state index is 0.165. The van der Waals surface area contributed by atoms with E-state index in [1.54, 1.807) is 12.3 Å². The predicted octanol–water partition coefficient (Wildman–Crippen LogP) is 2.82. The van der Waals surface area contributed by atoms with Crippen LogP contribution in [0.5, 0.6) is 5.75 Å². The number of hydrogen-bond donors (Lipinski definition) is 0. The van der Waals surface area contributed by atoms with Crippen molar-refractivity contribution in [1.29, 1.82) is 0 Å². The van der Waals surface area contributed by atoms with Gasteiger partial charge < -0.3 is 9.15 Å². The molecule has 6 nitrogen and oxygen atoms in total. The Morgan fingerprint density at radius 1 is 1.23 bits per heavy atom. The molecular formula is C21H24F2N2O4S. The van der Waals surface area contributed by atoms with Crippen molar-refractivity contribution < 1.29 is 22.1 Å². The van der Waals surface area contributed by atoms with Gasteiger partial charge in [0.05, 0.1) is 24.1 Å². The third-order valence-corrected chi connectivity index (χ3v) is 6.80. The standard InChI is InChI=1S/C21H24F2N2O4S/c1-30(27)25-6-4-14(5-7-25)12-29-20-13-28-16(8-19(20)26)10-24-9-15-2-3-18(22)21(23)17(15)11-24/h2-3,8,13-14H,4-7,9-12H2,1H3. The van der Waals surface area contributed by atoms with E-state index in [1.165, 1.54) is 12.3 Å².